The number of nitrogen functional groups attached to an aromatic ring is 1. The number of aromatic nitrogens is 2. The normalized spacial score (nSPS) is 10.2. The Morgan fingerprint density at radius 3 is 2.53 bits per heavy atom. The molecule has 0 aliphatic carbocycles. The SMILES string of the molecule is Cc1ccc(NC(=O)c2cnn(C)c2N)cc1. The third kappa shape index (κ3) is 2.28. The second kappa shape index (κ2) is 4.29. The summed E-state index contributed by atoms with van der Waals surface area (Å²) in [6, 6.07) is 7.56. The van der Waals surface area contributed by atoms with Gasteiger partial charge in [-0.25, -0.2) is 0 Å². The summed E-state index contributed by atoms with van der Waals surface area (Å²) in [5, 5.41) is 6.69. The van der Waals surface area contributed by atoms with Gasteiger partial charge in [-0.1, -0.05) is 17.7 Å². The number of benzene rings is 1. The highest BCUT2D eigenvalue weighted by atomic mass is 16.1. The average Bonchev–Trinajstić information content (AvgIpc) is 2.63. The molecule has 1 amide bonds. The molecular formula is C12H14N4O. The number of hydrogen-bond acceptors (Lipinski definition) is 3. The molecule has 2 rings (SSSR count). The standard InChI is InChI=1S/C12H14N4O/c1-8-3-5-9(6-4-8)15-12(17)10-7-14-16(2)11(10)13/h3-7H,13H2,1-2H3,(H,15,17). The molecule has 0 radical (unpaired) electrons. The maximum Gasteiger partial charge on any atom is 0.261 e. The second-order valence-electron chi connectivity index (χ2n) is 3.89. The average molecular weight is 230 g/mol. The highest BCUT2D eigenvalue weighted by Crippen LogP contribution is 2.14. The van der Waals surface area contributed by atoms with E-state index < -0.39 is 0 Å². The van der Waals surface area contributed by atoms with E-state index in [9.17, 15) is 4.79 Å². The molecule has 0 saturated carbocycles. The Kier molecular flexibility index (Phi) is 2.82. The summed E-state index contributed by atoms with van der Waals surface area (Å²) < 4.78 is 1.46. The van der Waals surface area contributed by atoms with Crippen molar-refractivity contribution in [3.8, 4) is 0 Å². The van der Waals surface area contributed by atoms with E-state index in [1.807, 2.05) is 31.2 Å². The molecule has 88 valence electrons. The minimum absolute atomic E-state index is 0.251. The molecule has 0 bridgehead atoms. The fraction of sp³-hybridized carbons (Fsp3) is 0.167. The van der Waals surface area contributed by atoms with Gasteiger partial charge in [-0.05, 0) is 19.1 Å². The van der Waals surface area contributed by atoms with Crippen molar-refractivity contribution < 1.29 is 4.79 Å². The number of nitrogens with zero attached hydrogens (tertiary/aromatic N) is 2. The Morgan fingerprint density at radius 2 is 2.00 bits per heavy atom. The van der Waals surface area contributed by atoms with Gasteiger partial charge in [0.1, 0.15) is 11.4 Å². The van der Waals surface area contributed by atoms with Gasteiger partial charge in [0.25, 0.3) is 5.91 Å². The summed E-state index contributed by atoms with van der Waals surface area (Å²) in [5.41, 5.74) is 7.99. The van der Waals surface area contributed by atoms with Crippen molar-refractivity contribution in [3.05, 3.63) is 41.6 Å². The number of carbonyl (C=O) groups is 1. The van der Waals surface area contributed by atoms with Gasteiger partial charge in [-0.15, -0.1) is 0 Å². The zero-order valence-electron chi connectivity index (χ0n) is 9.77. The molecule has 0 aliphatic rings. The third-order valence-electron chi connectivity index (χ3n) is 2.54. The molecule has 0 atom stereocenters. The van der Waals surface area contributed by atoms with Gasteiger partial charge in [0.15, 0.2) is 0 Å². The largest absolute Gasteiger partial charge is 0.383 e. The molecule has 1 heterocycles. The minimum atomic E-state index is -0.251. The van der Waals surface area contributed by atoms with Crippen LogP contribution in [0.2, 0.25) is 0 Å². The van der Waals surface area contributed by atoms with Crippen molar-refractivity contribution in [1.29, 1.82) is 0 Å². The second-order valence-corrected chi connectivity index (χ2v) is 3.89. The first kappa shape index (κ1) is 11.2. The predicted octanol–water partition coefficient (Wildman–Crippen LogP) is 1.56. The molecule has 0 aliphatic heterocycles. The Labute approximate surface area is 99.2 Å². The van der Waals surface area contributed by atoms with Crippen LogP contribution in [0.4, 0.5) is 11.5 Å². The van der Waals surface area contributed by atoms with Gasteiger partial charge in [-0.3, -0.25) is 9.48 Å². The first-order valence-electron chi connectivity index (χ1n) is 5.23. The van der Waals surface area contributed by atoms with E-state index in [0.717, 1.165) is 11.3 Å². The lowest BCUT2D eigenvalue weighted by molar-refractivity contribution is 0.102. The number of amides is 1. The van der Waals surface area contributed by atoms with E-state index in [2.05, 4.69) is 10.4 Å². The Bertz CT molecular complexity index is 542. The number of nitrogens with two attached hydrogens (primary N) is 1. The summed E-state index contributed by atoms with van der Waals surface area (Å²) in [6.07, 6.45) is 1.46. The van der Waals surface area contributed by atoms with Crippen LogP contribution in [-0.4, -0.2) is 15.7 Å². The number of aryl methyl sites for hydroxylation is 2. The van der Waals surface area contributed by atoms with Crippen LogP contribution in [0.25, 0.3) is 0 Å². The van der Waals surface area contributed by atoms with Gasteiger partial charge in [-0.2, -0.15) is 5.10 Å². The molecule has 0 spiro atoms. The third-order valence-corrected chi connectivity index (χ3v) is 2.54. The van der Waals surface area contributed by atoms with E-state index in [4.69, 9.17) is 5.73 Å². The summed E-state index contributed by atoms with van der Waals surface area (Å²) in [6.45, 7) is 1.99. The number of nitrogens with one attached hydrogen (secondary N) is 1. The van der Waals surface area contributed by atoms with Crippen LogP contribution in [0.1, 0.15) is 15.9 Å². The summed E-state index contributed by atoms with van der Waals surface area (Å²) in [7, 11) is 1.69. The summed E-state index contributed by atoms with van der Waals surface area (Å²) in [4.78, 5) is 11.9. The minimum Gasteiger partial charge on any atom is -0.383 e. The Hall–Kier alpha value is -2.30. The lowest BCUT2D eigenvalue weighted by Gasteiger charge is -2.04. The molecule has 17 heavy (non-hydrogen) atoms. The van der Waals surface area contributed by atoms with Crippen molar-refractivity contribution in [2.75, 3.05) is 11.1 Å². The van der Waals surface area contributed by atoms with Gasteiger partial charge in [0.2, 0.25) is 0 Å². The number of rotatable bonds is 2. The quantitative estimate of drug-likeness (QED) is 0.822. The maximum absolute atomic E-state index is 11.9. The molecule has 1 aromatic heterocycles. The number of hydrogen-bond donors (Lipinski definition) is 2. The van der Waals surface area contributed by atoms with Crippen molar-refractivity contribution in [3.63, 3.8) is 0 Å². The van der Waals surface area contributed by atoms with Crippen molar-refractivity contribution in [2.24, 2.45) is 7.05 Å². The monoisotopic (exact) mass is 230 g/mol. The smallest absolute Gasteiger partial charge is 0.261 e. The first-order valence-corrected chi connectivity index (χ1v) is 5.23. The van der Waals surface area contributed by atoms with Crippen molar-refractivity contribution >= 4 is 17.4 Å². The Balaban J connectivity index is 2.17. The molecule has 5 nitrogen and oxygen atoms in total. The van der Waals surface area contributed by atoms with Crippen LogP contribution < -0.4 is 11.1 Å². The van der Waals surface area contributed by atoms with E-state index in [1.165, 1.54) is 10.9 Å². The first-order chi connectivity index (χ1) is 8.08. The van der Waals surface area contributed by atoms with Crippen LogP contribution in [0.5, 0.6) is 0 Å². The molecule has 3 N–H and O–H groups in total. The topological polar surface area (TPSA) is 72.9 Å². The van der Waals surface area contributed by atoms with E-state index in [1.54, 1.807) is 7.05 Å². The maximum atomic E-state index is 11.9. The zero-order chi connectivity index (χ0) is 12.4. The van der Waals surface area contributed by atoms with E-state index >= 15 is 0 Å². The van der Waals surface area contributed by atoms with E-state index in [-0.39, 0.29) is 5.91 Å². The van der Waals surface area contributed by atoms with Crippen LogP contribution in [0.15, 0.2) is 30.5 Å². The van der Waals surface area contributed by atoms with Gasteiger partial charge < -0.3 is 11.1 Å². The molecule has 2 aromatic rings. The molecule has 0 unspecified atom stereocenters. The molecule has 0 saturated heterocycles. The highest BCUT2D eigenvalue weighted by molar-refractivity contribution is 6.07. The predicted molar refractivity (Wildman–Crippen MR) is 66.8 cm³/mol. The van der Waals surface area contributed by atoms with Gasteiger partial charge in [0.05, 0.1) is 6.20 Å². The van der Waals surface area contributed by atoms with Gasteiger partial charge >= 0.3 is 0 Å². The van der Waals surface area contributed by atoms with Crippen molar-refractivity contribution in [1.82, 2.24) is 9.78 Å². The van der Waals surface area contributed by atoms with Crippen LogP contribution in [0.3, 0.4) is 0 Å². The fourth-order valence-corrected chi connectivity index (χ4v) is 1.46. The Morgan fingerprint density at radius 1 is 1.35 bits per heavy atom. The van der Waals surface area contributed by atoms with Crippen LogP contribution in [-0.2, 0) is 7.05 Å². The van der Waals surface area contributed by atoms with Crippen LogP contribution in [0, 0.1) is 6.92 Å². The molecule has 1 aromatic carbocycles. The lowest BCUT2D eigenvalue weighted by atomic mass is 10.2. The number of carbonyl (C=O) groups excluding carboxylic acids is 1. The molecule has 5 heteroatoms. The number of anilines is 2. The zero-order valence-corrected chi connectivity index (χ0v) is 9.77. The van der Waals surface area contributed by atoms with Gasteiger partial charge in [0, 0.05) is 12.7 Å². The fourth-order valence-electron chi connectivity index (χ4n) is 1.46. The highest BCUT2D eigenvalue weighted by Gasteiger charge is 2.13. The van der Waals surface area contributed by atoms with Crippen molar-refractivity contribution in [2.45, 2.75) is 6.92 Å². The summed E-state index contributed by atoms with van der Waals surface area (Å²) >= 11 is 0. The molecular weight excluding hydrogens is 216 g/mol. The molecule has 0 fully saturated rings. The lowest BCUT2D eigenvalue weighted by Crippen LogP contribution is -2.13. The summed E-state index contributed by atoms with van der Waals surface area (Å²) in [5.74, 6) is 0.106. The van der Waals surface area contributed by atoms with Crippen LogP contribution >= 0.6 is 0 Å². The van der Waals surface area contributed by atoms with E-state index in [0.29, 0.717) is 11.4 Å².